The van der Waals surface area contributed by atoms with Gasteiger partial charge in [-0.3, -0.25) is 4.79 Å². The summed E-state index contributed by atoms with van der Waals surface area (Å²) in [5.74, 6) is -0.637. The molecule has 0 fully saturated rings. The van der Waals surface area contributed by atoms with Crippen LogP contribution in [-0.4, -0.2) is 49.3 Å². The van der Waals surface area contributed by atoms with Gasteiger partial charge in [0.05, 0.1) is 12.7 Å². The number of hydrogen-bond donors (Lipinski definition) is 2. The van der Waals surface area contributed by atoms with E-state index < -0.39 is 23.9 Å². The molecule has 1 aromatic heterocycles. The van der Waals surface area contributed by atoms with Crippen LogP contribution in [0.15, 0.2) is 18.2 Å². The van der Waals surface area contributed by atoms with Crippen molar-refractivity contribution in [3.63, 3.8) is 0 Å². The summed E-state index contributed by atoms with van der Waals surface area (Å²) < 4.78 is 21.0. The lowest BCUT2D eigenvalue weighted by molar-refractivity contribution is -0.123. The number of methoxy groups -OCH3 is 1. The van der Waals surface area contributed by atoms with Crippen LogP contribution < -0.4 is 14.8 Å². The second-order valence-corrected chi connectivity index (χ2v) is 6.72. The Morgan fingerprint density at radius 3 is 2.53 bits per heavy atom. The fourth-order valence-corrected chi connectivity index (χ4v) is 3.14. The molecule has 2 N–H and O–H groups in total. The molecular weight excluding hydrogens is 392 g/mol. The van der Waals surface area contributed by atoms with Crippen molar-refractivity contribution in [2.24, 2.45) is 0 Å². The Labute approximate surface area is 173 Å². The third-order valence-electron chi connectivity index (χ3n) is 4.74. The zero-order valence-electron chi connectivity index (χ0n) is 17.3. The molecule has 0 spiro atoms. The molecule has 2 heterocycles. The van der Waals surface area contributed by atoms with Crippen molar-refractivity contribution < 1.29 is 33.3 Å². The van der Waals surface area contributed by atoms with E-state index in [9.17, 15) is 14.4 Å². The van der Waals surface area contributed by atoms with E-state index in [1.54, 1.807) is 25.1 Å². The van der Waals surface area contributed by atoms with E-state index in [4.69, 9.17) is 18.9 Å². The van der Waals surface area contributed by atoms with Crippen molar-refractivity contribution in [1.29, 1.82) is 0 Å². The summed E-state index contributed by atoms with van der Waals surface area (Å²) in [5, 5.41) is 2.68. The smallest absolute Gasteiger partial charge is 0.355 e. The van der Waals surface area contributed by atoms with Gasteiger partial charge in [0.2, 0.25) is 0 Å². The molecule has 1 aliphatic heterocycles. The number of carbonyl (C=O) groups is 3. The predicted molar refractivity (Wildman–Crippen MR) is 107 cm³/mol. The fraction of sp³-hybridized carbons (Fsp3) is 0.381. The van der Waals surface area contributed by atoms with E-state index in [0.717, 1.165) is 0 Å². The summed E-state index contributed by atoms with van der Waals surface area (Å²) in [6.45, 7) is 5.84. The van der Waals surface area contributed by atoms with Gasteiger partial charge in [0.15, 0.2) is 17.6 Å². The van der Waals surface area contributed by atoms with Gasteiger partial charge < -0.3 is 29.2 Å². The first-order valence-electron chi connectivity index (χ1n) is 9.56. The number of nitrogens with one attached hydrogen (secondary N) is 2. The van der Waals surface area contributed by atoms with Crippen molar-refractivity contribution in [1.82, 2.24) is 4.98 Å². The van der Waals surface area contributed by atoms with E-state index in [-0.39, 0.29) is 5.69 Å². The quantitative estimate of drug-likeness (QED) is 0.696. The predicted octanol–water partition coefficient (Wildman–Crippen LogP) is 2.63. The monoisotopic (exact) mass is 416 g/mol. The van der Waals surface area contributed by atoms with Crippen molar-refractivity contribution in [2.75, 3.05) is 25.6 Å². The molecule has 1 unspecified atom stereocenters. The van der Waals surface area contributed by atoms with Gasteiger partial charge in [-0.25, -0.2) is 9.59 Å². The van der Waals surface area contributed by atoms with Gasteiger partial charge in [0.25, 0.3) is 5.91 Å². The third-order valence-corrected chi connectivity index (χ3v) is 4.74. The van der Waals surface area contributed by atoms with Crippen LogP contribution in [0.25, 0.3) is 0 Å². The Morgan fingerprint density at radius 2 is 1.87 bits per heavy atom. The number of aromatic nitrogens is 1. The summed E-state index contributed by atoms with van der Waals surface area (Å²) in [6, 6.07) is 5.02. The van der Waals surface area contributed by atoms with Gasteiger partial charge in [-0.2, -0.15) is 0 Å². The van der Waals surface area contributed by atoms with Crippen LogP contribution in [0.2, 0.25) is 0 Å². The minimum atomic E-state index is -1.07. The molecule has 0 saturated carbocycles. The largest absolute Gasteiger partial charge is 0.486 e. The number of hydrogen-bond acceptors (Lipinski definition) is 7. The number of aryl methyl sites for hydroxylation is 1. The fourth-order valence-electron chi connectivity index (χ4n) is 3.14. The van der Waals surface area contributed by atoms with E-state index >= 15 is 0 Å². The first-order chi connectivity index (χ1) is 14.3. The molecule has 0 aliphatic carbocycles. The number of carbonyl (C=O) groups excluding carboxylic acids is 3. The highest BCUT2D eigenvalue weighted by Crippen LogP contribution is 2.32. The maximum atomic E-state index is 12.6. The van der Waals surface area contributed by atoms with Gasteiger partial charge in [0.1, 0.15) is 18.9 Å². The molecule has 0 bridgehead atoms. The number of rotatable bonds is 6. The number of H-pyrrole nitrogens is 1. The summed E-state index contributed by atoms with van der Waals surface area (Å²) >= 11 is 0. The van der Waals surface area contributed by atoms with E-state index in [0.29, 0.717) is 53.6 Å². The highest BCUT2D eigenvalue weighted by molar-refractivity contribution is 6.00. The Morgan fingerprint density at radius 1 is 1.17 bits per heavy atom. The molecule has 2 aromatic rings. The van der Waals surface area contributed by atoms with Crippen LogP contribution in [0.1, 0.15) is 46.0 Å². The number of esters is 2. The molecule has 0 saturated heterocycles. The van der Waals surface area contributed by atoms with Crippen LogP contribution in [0.3, 0.4) is 0 Å². The van der Waals surface area contributed by atoms with Gasteiger partial charge in [-0.05, 0) is 38.0 Å². The minimum Gasteiger partial charge on any atom is -0.486 e. The van der Waals surface area contributed by atoms with E-state index in [2.05, 4.69) is 10.3 Å². The second kappa shape index (κ2) is 8.89. The first-order valence-corrected chi connectivity index (χ1v) is 9.56. The summed E-state index contributed by atoms with van der Waals surface area (Å²) in [7, 11) is 1.27. The third kappa shape index (κ3) is 4.24. The Bertz CT molecular complexity index is 980. The minimum absolute atomic E-state index is 0.117. The number of anilines is 1. The molecule has 30 heavy (non-hydrogen) atoms. The summed E-state index contributed by atoms with van der Waals surface area (Å²) in [4.78, 5) is 40.0. The lowest BCUT2D eigenvalue weighted by Crippen LogP contribution is -2.30. The number of aromatic amines is 1. The average Bonchev–Trinajstić information content (AvgIpc) is 3.09. The number of benzene rings is 1. The Hall–Kier alpha value is -3.49. The van der Waals surface area contributed by atoms with Gasteiger partial charge in [-0.15, -0.1) is 0 Å². The molecule has 1 atom stereocenters. The Balaban J connectivity index is 1.69. The zero-order valence-corrected chi connectivity index (χ0v) is 17.3. The number of amides is 1. The lowest BCUT2D eigenvalue weighted by atomic mass is 10.1. The maximum absolute atomic E-state index is 12.6. The molecule has 1 aliphatic rings. The average molecular weight is 416 g/mol. The van der Waals surface area contributed by atoms with Gasteiger partial charge in [0, 0.05) is 17.4 Å². The van der Waals surface area contributed by atoms with E-state index in [1.165, 1.54) is 14.0 Å². The number of fused-ring (bicyclic) bond motifs is 1. The Kier molecular flexibility index (Phi) is 6.29. The maximum Gasteiger partial charge on any atom is 0.355 e. The SMILES string of the molecule is CCc1[nH]c(C(=O)OC(C)C(=O)Nc2ccc3c(c2)OCCO3)c(C)c1C(=O)OC. The number of ether oxygens (including phenoxy) is 4. The van der Waals surface area contributed by atoms with Crippen LogP contribution in [0.4, 0.5) is 5.69 Å². The summed E-state index contributed by atoms with van der Waals surface area (Å²) in [6.07, 6.45) is -0.571. The van der Waals surface area contributed by atoms with Crippen LogP contribution in [0.5, 0.6) is 11.5 Å². The summed E-state index contributed by atoms with van der Waals surface area (Å²) in [5.41, 5.74) is 1.90. The molecule has 0 radical (unpaired) electrons. The zero-order chi connectivity index (χ0) is 21.8. The second-order valence-electron chi connectivity index (χ2n) is 6.72. The van der Waals surface area contributed by atoms with Crippen LogP contribution >= 0.6 is 0 Å². The lowest BCUT2D eigenvalue weighted by Gasteiger charge is -2.19. The molecule has 1 amide bonds. The highest BCUT2D eigenvalue weighted by Gasteiger charge is 2.27. The van der Waals surface area contributed by atoms with Crippen molar-refractivity contribution in [2.45, 2.75) is 33.3 Å². The van der Waals surface area contributed by atoms with Crippen LogP contribution in [0, 0.1) is 6.92 Å². The molecule has 160 valence electrons. The topological polar surface area (TPSA) is 116 Å². The highest BCUT2D eigenvalue weighted by atomic mass is 16.6. The van der Waals surface area contributed by atoms with Gasteiger partial charge >= 0.3 is 11.9 Å². The molecule has 1 aromatic carbocycles. The van der Waals surface area contributed by atoms with E-state index in [1.807, 2.05) is 6.92 Å². The molecule has 9 heteroatoms. The van der Waals surface area contributed by atoms with Crippen molar-refractivity contribution >= 4 is 23.5 Å². The first kappa shape index (κ1) is 21.2. The van der Waals surface area contributed by atoms with Crippen molar-refractivity contribution in [3.05, 3.63) is 40.7 Å². The van der Waals surface area contributed by atoms with Gasteiger partial charge in [-0.1, -0.05) is 6.92 Å². The standard InChI is InChI=1S/C21H24N2O7/c1-5-14-17(20(25)27-4)11(2)18(23-14)21(26)30-12(3)19(24)22-13-6-7-15-16(10-13)29-9-8-28-15/h6-7,10,12,23H,5,8-9H2,1-4H3,(H,22,24). The molecule has 3 rings (SSSR count). The molecular formula is C21H24N2O7. The molecule has 9 nitrogen and oxygen atoms in total. The normalized spacial score (nSPS) is 13.3. The van der Waals surface area contributed by atoms with Crippen molar-refractivity contribution in [3.8, 4) is 11.5 Å². The van der Waals surface area contributed by atoms with Crippen LogP contribution in [-0.2, 0) is 20.7 Å².